The number of hydrogen-bond acceptors (Lipinski definition) is 2. The van der Waals surface area contributed by atoms with Gasteiger partial charge in [-0.1, -0.05) is 42.5 Å². The minimum atomic E-state index is -0.391. The molecule has 2 nitrogen and oxygen atoms in total. The second-order valence-corrected chi connectivity index (χ2v) is 3.63. The van der Waals surface area contributed by atoms with Crippen molar-refractivity contribution in [2.24, 2.45) is 0 Å². The van der Waals surface area contributed by atoms with Crippen LogP contribution < -0.4 is 0 Å². The number of halogens is 1. The van der Waals surface area contributed by atoms with Crippen LogP contribution in [0, 0.1) is 0 Å². The fourth-order valence-electron chi connectivity index (χ4n) is 1.22. The summed E-state index contributed by atoms with van der Waals surface area (Å²) >= 11 is 6.00. The van der Waals surface area contributed by atoms with E-state index in [2.05, 4.69) is 6.58 Å². The molecule has 0 amide bonds. The largest absolute Gasteiger partial charge is 0.458 e. The molecule has 0 N–H and O–H groups in total. The molecule has 0 aromatic heterocycles. The Hall–Kier alpha value is -1.54. The van der Waals surface area contributed by atoms with Crippen molar-refractivity contribution in [3.63, 3.8) is 0 Å². The summed E-state index contributed by atoms with van der Waals surface area (Å²) in [6.45, 7) is 5.49. The summed E-state index contributed by atoms with van der Waals surface area (Å²) in [5.41, 5.74) is 1.61. The van der Waals surface area contributed by atoms with Crippen LogP contribution in [0.2, 0.25) is 5.02 Å². The van der Waals surface area contributed by atoms with E-state index in [0.29, 0.717) is 5.02 Å². The van der Waals surface area contributed by atoms with Gasteiger partial charge in [0.2, 0.25) is 0 Å². The van der Waals surface area contributed by atoms with E-state index in [1.165, 1.54) is 12.2 Å². The van der Waals surface area contributed by atoms with Crippen molar-refractivity contribution in [1.29, 1.82) is 0 Å². The van der Waals surface area contributed by atoms with E-state index in [1.807, 2.05) is 25.1 Å². The molecule has 0 atom stereocenters. The highest BCUT2D eigenvalue weighted by atomic mass is 35.5. The summed E-state index contributed by atoms with van der Waals surface area (Å²) in [5.74, 6) is -0.391. The molecule has 3 heteroatoms. The van der Waals surface area contributed by atoms with Crippen molar-refractivity contribution in [1.82, 2.24) is 0 Å². The summed E-state index contributed by atoms with van der Waals surface area (Å²) in [6.07, 6.45) is 2.95. The first-order valence-electron chi connectivity index (χ1n) is 4.86. The molecular formula is C13H13ClO2. The number of esters is 1. The van der Waals surface area contributed by atoms with E-state index in [1.54, 1.807) is 6.07 Å². The fourth-order valence-corrected chi connectivity index (χ4v) is 1.50. The van der Waals surface area contributed by atoms with Gasteiger partial charge in [0.1, 0.15) is 6.61 Å². The summed E-state index contributed by atoms with van der Waals surface area (Å²) < 4.78 is 4.85. The zero-order valence-electron chi connectivity index (χ0n) is 9.07. The number of carbonyl (C=O) groups is 1. The summed E-state index contributed by atoms with van der Waals surface area (Å²) in [4.78, 5) is 11.3. The smallest absolute Gasteiger partial charge is 0.331 e. The Kier molecular flexibility index (Phi) is 4.80. The van der Waals surface area contributed by atoms with Crippen LogP contribution in [0.15, 0.2) is 43.0 Å². The lowest BCUT2D eigenvalue weighted by Gasteiger charge is -2.04. The average molecular weight is 237 g/mol. The molecule has 16 heavy (non-hydrogen) atoms. The van der Waals surface area contributed by atoms with E-state index < -0.39 is 5.97 Å². The third-order valence-corrected chi connectivity index (χ3v) is 2.31. The number of hydrogen-bond donors (Lipinski definition) is 0. The van der Waals surface area contributed by atoms with E-state index in [-0.39, 0.29) is 6.61 Å². The minimum Gasteiger partial charge on any atom is -0.458 e. The van der Waals surface area contributed by atoms with Gasteiger partial charge in [-0.25, -0.2) is 4.79 Å². The third kappa shape index (κ3) is 3.55. The highest BCUT2D eigenvalue weighted by molar-refractivity contribution is 6.32. The van der Waals surface area contributed by atoms with Crippen LogP contribution in [0.4, 0.5) is 0 Å². The van der Waals surface area contributed by atoms with Crippen LogP contribution in [0.25, 0.3) is 5.57 Å². The van der Waals surface area contributed by atoms with Gasteiger partial charge < -0.3 is 4.74 Å². The van der Waals surface area contributed by atoms with Crippen LogP contribution in [0.1, 0.15) is 12.5 Å². The van der Waals surface area contributed by atoms with Crippen LogP contribution in [0.3, 0.4) is 0 Å². The monoisotopic (exact) mass is 236 g/mol. The van der Waals surface area contributed by atoms with Gasteiger partial charge in [0.25, 0.3) is 0 Å². The van der Waals surface area contributed by atoms with Gasteiger partial charge >= 0.3 is 5.97 Å². The third-order valence-electron chi connectivity index (χ3n) is 1.98. The SMILES string of the molecule is C=CCOC(=O)/C=C(/C)c1ccccc1Cl. The lowest BCUT2D eigenvalue weighted by atomic mass is 10.1. The standard InChI is InChI=1S/C13H13ClO2/c1-3-8-16-13(15)9-10(2)11-6-4-5-7-12(11)14/h3-7,9H,1,8H2,2H3/b10-9-. The molecule has 0 saturated carbocycles. The normalized spacial score (nSPS) is 11.0. The molecule has 0 fully saturated rings. The maximum Gasteiger partial charge on any atom is 0.331 e. The molecule has 1 aromatic carbocycles. The highest BCUT2D eigenvalue weighted by Crippen LogP contribution is 2.22. The molecular weight excluding hydrogens is 224 g/mol. The van der Waals surface area contributed by atoms with Crippen molar-refractivity contribution in [3.8, 4) is 0 Å². The van der Waals surface area contributed by atoms with E-state index in [0.717, 1.165) is 11.1 Å². The predicted molar refractivity (Wildman–Crippen MR) is 66.3 cm³/mol. The summed E-state index contributed by atoms with van der Waals surface area (Å²) in [6, 6.07) is 7.35. The molecule has 0 heterocycles. The molecule has 0 radical (unpaired) electrons. The molecule has 0 aliphatic heterocycles. The van der Waals surface area contributed by atoms with Crippen molar-refractivity contribution in [3.05, 3.63) is 53.6 Å². The Labute approximate surface area is 100 Å². The van der Waals surface area contributed by atoms with Crippen LogP contribution in [0.5, 0.6) is 0 Å². The first kappa shape index (κ1) is 12.5. The number of carbonyl (C=O) groups excluding carboxylic acids is 1. The fraction of sp³-hybridized carbons (Fsp3) is 0.154. The molecule has 84 valence electrons. The zero-order chi connectivity index (χ0) is 12.0. The maximum absolute atomic E-state index is 11.3. The molecule has 1 aromatic rings. The lowest BCUT2D eigenvalue weighted by molar-refractivity contribution is -0.136. The molecule has 0 bridgehead atoms. The topological polar surface area (TPSA) is 26.3 Å². The first-order valence-corrected chi connectivity index (χ1v) is 5.24. The van der Waals surface area contributed by atoms with Gasteiger partial charge in [-0.15, -0.1) is 0 Å². The second kappa shape index (κ2) is 6.13. The first-order chi connectivity index (χ1) is 7.65. The molecule has 0 aliphatic rings. The lowest BCUT2D eigenvalue weighted by Crippen LogP contribution is -2.01. The Balaban J connectivity index is 2.81. The Morgan fingerprint density at radius 3 is 2.81 bits per heavy atom. The summed E-state index contributed by atoms with van der Waals surface area (Å²) in [7, 11) is 0. The average Bonchev–Trinajstić information content (AvgIpc) is 2.26. The molecule has 0 saturated heterocycles. The Bertz CT molecular complexity index is 422. The van der Waals surface area contributed by atoms with Crippen LogP contribution >= 0.6 is 11.6 Å². The number of allylic oxidation sites excluding steroid dienone is 1. The van der Waals surface area contributed by atoms with E-state index in [9.17, 15) is 4.79 Å². The summed E-state index contributed by atoms with van der Waals surface area (Å²) in [5, 5.41) is 0.618. The van der Waals surface area contributed by atoms with Gasteiger partial charge in [-0.05, 0) is 24.1 Å². The predicted octanol–water partition coefficient (Wildman–Crippen LogP) is 3.47. The van der Waals surface area contributed by atoms with Gasteiger partial charge in [-0.2, -0.15) is 0 Å². The molecule has 0 spiro atoms. The zero-order valence-corrected chi connectivity index (χ0v) is 9.83. The minimum absolute atomic E-state index is 0.213. The Morgan fingerprint density at radius 1 is 1.50 bits per heavy atom. The number of ether oxygens (including phenoxy) is 1. The molecule has 0 aliphatic carbocycles. The van der Waals surface area contributed by atoms with Crippen LogP contribution in [-0.4, -0.2) is 12.6 Å². The quantitative estimate of drug-likeness (QED) is 0.455. The maximum atomic E-state index is 11.3. The second-order valence-electron chi connectivity index (χ2n) is 3.23. The van der Waals surface area contributed by atoms with E-state index in [4.69, 9.17) is 16.3 Å². The van der Waals surface area contributed by atoms with E-state index >= 15 is 0 Å². The highest BCUT2D eigenvalue weighted by Gasteiger charge is 2.04. The number of benzene rings is 1. The van der Waals surface area contributed by atoms with Gasteiger partial charge in [0.15, 0.2) is 0 Å². The van der Waals surface area contributed by atoms with Crippen molar-refractivity contribution in [2.75, 3.05) is 6.61 Å². The van der Waals surface area contributed by atoms with Gasteiger partial charge in [0, 0.05) is 11.1 Å². The van der Waals surface area contributed by atoms with Crippen LogP contribution in [-0.2, 0) is 9.53 Å². The van der Waals surface area contributed by atoms with Crippen molar-refractivity contribution < 1.29 is 9.53 Å². The van der Waals surface area contributed by atoms with Crippen molar-refractivity contribution in [2.45, 2.75) is 6.92 Å². The van der Waals surface area contributed by atoms with Crippen molar-refractivity contribution >= 4 is 23.1 Å². The van der Waals surface area contributed by atoms with Gasteiger partial charge in [-0.3, -0.25) is 0 Å². The molecule has 1 rings (SSSR count). The van der Waals surface area contributed by atoms with Gasteiger partial charge in [0.05, 0.1) is 0 Å². The molecule has 0 unspecified atom stereocenters. The number of rotatable bonds is 4. The Morgan fingerprint density at radius 2 is 2.19 bits per heavy atom.